The van der Waals surface area contributed by atoms with Crippen molar-refractivity contribution in [2.24, 2.45) is 23.3 Å². The summed E-state index contributed by atoms with van der Waals surface area (Å²) < 4.78 is 0. The van der Waals surface area contributed by atoms with Gasteiger partial charge in [-0.25, -0.2) is 0 Å². The monoisotopic (exact) mass is 158 g/mol. The van der Waals surface area contributed by atoms with Gasteiger partial charge in [-0.15, -0.1) is 0 Å². The Morgan fingerprint density at radius 1 is 1.00 bits per heavy atom. The van der Waals surface area contributed by atoms with Crippen molar-refractivity contribution in [1.29, 1.82) is 0 Å². The first-order chi connectivity index (χ1) is 5.06. The van der Waals surface area contributed by atoms with Crippen LogP contribution in [0.5, 0.6) is 0 Å². The van der Waals surface area contributed by atoms with E-state index in [0.717, 1.165) is 13.0 Å². The molecule has 0 aliphatic carbocycles. The number of rotatable bonds is 5. The zero-order chi connectivity index (χ0) is 8.85. The molecule has 11 heavy (non-hydrogen) atoms. The minimum Gasteiger partial charge on any atom is -0.330 e. The van der Waals surface area contributed by atoms with Crippen LogP contribution in [0.15, 0.2) is 0 Å². The Kier molecular flexibility index (Phi) is 5.51. The van der Waals surface area contributed by atoms with Gasteiger partial charge in [0, 0.05) is 6.04 Å². The minimum absolute atomic E-state index is 0.329. The zero-order valence-electron chi connectivity index (χ0n) is 8.01. The van der Waals surface area contributed by atoms with Gasteiger partial charge in [0.2, 0.25) is 0 Å². The summed E-state index contributed by atoms with van der Waals surface area (Å²) in [5.41, 5.74) is 11.2. The predicted molar refractivity (Wildman–Crippen MR) is 50.3 cm³/mol. The summed E-state index contributed by atoms with van der Waals surface area (Å²) in [4.78, 5) is 0. The van der Waals surface area contributed by atoms with E-state index in [-0.39, 0.29) is 0 Å². The van der Waals surface area contributed by atoms with Crippen LogP contribution in [0, 0.1) is 11.8 Å². The fourth-order valence-electron chi connectivity index (χ4n) is 1.51. The lowest BCUT2D eigenvalue weighted by molar-refractivity contribution is 0.380. The van der Waals surface area contributed by atoms with E-state index < -0.39 is 0 Å². The molecule has 3 atom stereocenters. The molecule has 0 saturated carbocycles. The molecule has 68 valence electrons. The Morgan fingerprint density at radius 2 is 1.55 bits per heavy atom. The van der Waals surface area contributed by atoms with Crippen molar-refractivity contribution >= 4 is 0 Å². The van der Waals surface area contributed by atoms with Crippen molar-refractivity contribution < 1.29 is 0 Å². The first-order valence-corrected chi connectivity index (χ1v) is 4.51. The van der Waals surface area contributed by atoms with Crippen LogP contribution in [-0.2, 0) is 0 Å². The molecule has 0 aromatic heterocycles. The van der Waals surface area contributed by atoms with Gasteiger partial charge in [0.1, 0.15) is 0 Å². The lowest BCUT2D eigenvalue weighted by Crippen LogP contribution is -2.21. The third-order valence-electron chi connectivity index (χ3n) is 1.98. The van der Waals surface area contributed by atoms with E-state index in [1.807, 2.05) is 0 Å². The van der Waals surface area contributed by atoms with E-state index in [9.17, 15) is 0 Å². The Bertz CT molecular complexity index is 91.6. The first kappa shape index (κ1) is 10.9. The maximum atomic E-state index is 5.68. The molecule has 2 nitrogen and oxygen atoms in total. The lowest BCUT2D eigenvalue weighted by atomic mass is 9.92. The Morgan fingerprint density at radius 3 is 1.91 bits per heavy atom. The second-order valence-electron chi connectivity index (χ2n) is 3.89. The molecule has 0 aromatic carbocycles. The van der Waals surface area contributed by atoms with Crippen LogP contribution >= 0.6 is 0 Å². The summed E-state index contributed by atoms with van der Waals surface area (Å²) in [6.07, 6.45) is 2.32. The summed E-state index contributed by atoms with van der Waals surface area (Å²) in [6.45, 7) is 7.29. The van der Waals surface area contributed by atoms with E-state index in [0.29, 0.717) is 17.9 Å². The van der Waals surface area contributed by atoms with Gasteiger partial charge in [-0.05, 0) is 38.1 Å². The molecule has 0 amide bonds. The maximum Gasteiger partial charge on any atom is 0.00130 e. The van der Waals surface area contributed by atoms with Gasteiger partial charge in [0.05, 0.1) is 0 Å². The average Bonchev–Trinajstić information content (AvgIpc) is 1.85. The number of nitrogens with two attached hydrogens (primary N) is 2. The van der Waals surface area contributed by atoms with Crippen molar-refractivity contribution in [1.82, 2.24) is 0 Å². The summed E-state index contributed by atoms with van der Waals surface area (Å²) in [5, 5.41) is 0. The van der Waals surface area contributed by atoms with Crippen LogP contribution in [0.25, 0.3) is 0 Å². The number of hydrogen-bond donors (Lipinski definition) is 2. The van der Waals surface area contributed by atoms with Gasteiger partial charge >= 0.3 is 0 Å². The molecule has 0 bridgehead atoms. The molecular weight excluding hydrogens is 136 g/mol. The topological polar surface area (TPSA) is 52.0 Å². The van der Waals surface area contributed by atoms with E-state index in [1.165, 1.54) is 6.42 Å². The highest BCUT2D eigenvalue weighted by Gasteiger charge is 2.08. The van der Waals surface area contributed by atoms with Crippen molar-refractivity contribution in [3.8, 4) is 0 Å². The van der Waals surface area contributed by atoms with Gasteiger partial charge in [-0.2, -0.15) is 0 Å². The van der Waals surface area contributed by atoms with Gasteiger partial charge in [-0.3, -0.25) is 0 Å². The third kappa shape index (κ3) is 6.32. The molecule has 0 aliphatic rings. The van der Waals surface area contributed by atoms with Gasteiger partial charge in [-0.1, -0.05) is 13.8 Å². The second-order valence-corrected chi connectivity index (χ2v) is 3.89. The van der Waals surface area contributed by atoms with E-state index in [1.54, 1.807) is 0 Å². The van der Waals surface area contributed by atoms with E-state index in [4.69, 9.17) is 11.5 Å². The van der Waals surface area contributed by atoms with Crippen LogP contribution in [0.4, 0.5) is 0 Å². The summed E-state index contributed by atoms with van der Waals surface area (Å²) in [7, 11) is 0. The Labute approximate surface area is 70.3 Å². The van der Waals surface area contributed by atoms with Crippen LogP contribution in [-0.4, -0.2) is 12.6 Å². The molecule has 3 unspecified atom stereocenters. The fourth-order valence-corrected chi connectivity index (χ4v) is 1.51. The maximum absolute atomic E-state index is 5.68. The molecule has 0 spiro atoms. The zero-order valence-corrected chi connectivity index (χ0v) is 8.01. The molecule has 0 aromatic rings. The Balaban J connectivity index is 3.43. The van der Waals surface area contributed by atoms with Crippen LogP contribution in [0.1, 0.15) is 33.6 Å². The Hall–Kier alpha value is -0.0800. The van der Waals surface area contributed by atoms with Gasteiger partial charge < -0.3 is 11.5 Å². The normalized spacial score (nSPS) is 19.4. The van der Waals surface area contributed by atoms with E-state index in [2.05, 4.69) is 20.8 Å². The smallest absolute Gasteiger partial charge is 0.00130 e. The molecule has 0 saturated heterocycles. The highest BCUT2D eigenvalue weighted by molar-refractivity contribution is 4.64. The van der Waals surface area contributed by atoms with Gasteiger partial charge in [0.25, 0.3) is 0 Å². The van der Waals surface area contributed by atoms with Crippen molar-refractivity contribution in [2.75, 3.05) is 6.54 Å². The molecule has 0 rings (SSSR count). The van der Waals surface area contributed by atoms with Gasteiger partial charge in [0.15, 0.2) is 0 Å². The largest absolute Gasteiger partial charge is 0.330 e. The quantitative estimate of drug-likeness (QED) is 0.634. The molecule has 0 fully saturated rings. The standard InChI is InChI=1S/C9H22N2/c1-7(5-9(3)11)4-8(2)6-10/h7-9H,4-6,10-11H2,1-3H3. The molecular formula is C9H22N2. The fraction of sp³-hybridized carbons (Fsp3) is 1.00. The second kappa shape index (κ2) is 5.56. The van der Waals surface area contributed by atoms with E-state index >= 15 is 0 Å². The van der Waals surface area contributed by atoms with Crippen LogP contribution < -0.4 is 11.5 Å². The lowest BCUT2D eigenvalue weighted by Gasteiger charge is -2.17. The molecule has 0 radical (unpaired) electrons. The van der Waals surface area contributed by atoms with Crippen LogP contribution in [0.2, 0.25) is 0 Å². The minimum atomic E-state index is 0.329. The van der Waals surface area contributed by atoms with Crippen molar-refractivity contribution in [3.05, 3.63) is 0 Å². The first-order valence-electron chi connectivity index (χ1n) is 4.51. The molecule has 4 N–H and O–H groups in total. The van der Waals surface area contributed by atoms with Crippen molar-refractivity contribution in [3.63, 3.8) is 0 Å². The summed E-state index contributed by atoms with van der Waals surface area (Å²) in [5.74, 6) is 1.36. The van der Waals surface area contributed by atoms with Crippen LogP contribution in [0.3, 0.4) is 0 Å². The highest BCUT2D eigenvalue weighted by atomic mass is 14.6. The third-order valence-corrected chi connectivity index (χ3v) is 1.98. The summed E-state index contributed by atoms with van der Waals surface area (Å²) in [6, 6.07) is 0.329. The molecule has 2 heteroatoms. The summed E-state index contributed by atoms with van der Waals surface area (Å²) >= 11 is 0. The number of hydrogen-bond acceptors (Lipinski definition) is 2. The SMILES string of the molecule is CC(N)CC(C)CC(C)CN. The van der Waals surface area contributed by atoms with Crippen molar-refractivity contribution in [2.45, 2.75) is 39.7 Å². The average molecular weight is 158 g/mol. The predicted octanol–water partition coefficient (Wildman–Crippen LogP) is 1.34. The molecule has 0 heterocycles. The highest BCUT2D eigenvalue weighted by Crippen LogP contribution is 2.14. The molecule has 0 aliphatic heterocycles.